The van der Waals surface area contributed by atoms with Crippen LogP contribution in [0.25, 0.3) is 0 Å². The van der Waals surface area contributed by atoms with Crippen LogP contribution < -0.4 is 5.32 Å². The third-order valence-corrected chi connectivity index (χ3v) is 4.97. The average Bonchev–Trinajstić information content (AvgIpc) is 2.76. The highest BCUT2D eigenvalue weighted by molar-refractivity contribution is 4.90. The van der Waals surface area contributed by atoms with Crippen LogP contribution in [0.15, 0.2) is 0 Å². The van der Waals surface area contributed by atoms with E-state index in [-0.39, 0.29) is 6.10 Å². The SMILES string of the molecule is CC(C)CC1(CN[C@@H]2CCCC[C@H]2O)CCCC1. The van der Waals surface area contributed by atoms with Crippen molar-refractivity contribution in [3.63, 3.8) is 0 Å². The van der Waals surface area contributed by atoms with E-state index in [1.807, 2.05) is 0 Å². The number of nitrogens with one attached hydrogen (secondary N) is 1. The molecule has 2 N–H and O–H groups in total. The van der Waals surface area contributed by atoms with Gasteiger partial charge in [-0.2, -0.15) is 0 Å². The van der Waals surface area contributed by atoms with Gasteiger partial charge in [0.25, 0.3) is 0 Å². The van der Waals surface area contributed by atoms with E-state index in [1.54, 1.807) is 0 Å². The molecule has 2 heteroatoms. The Morgan fingerprint density at radius 1 is 1.11 bits per heavy atom. The molecule has 2 atom stereocenters. The van der Waals surface area contributed by atoms with Crippen LogP contribution in [-0.4, -0.2) is 23.8 Å². The first-order valence-electron chi connectivity index (χ1n) is 8.03. The summed E-state index contributed by atoms with van der Waals surface area (Å²) >= 11 is 0. The largest absolute Gasteiger partial charge is 0.392 e. The van der Waals surface area contributed by atoms with Crippen molar-refractivity contribution in [3.05, 3.63) is 0 Å². The van der Waals surface area contributed by atoms with Gasteiger partial charge in [0.05, 0.1) is 6.10 Å². The molecule has 106 valence electrons. The first-order valence-corrected chi connectivity index (χ1v) is 8.03. The second kappa shape index (κ2) is 6.38. The number of aliphatic hydroxyl groups excluding tert-OH is 1. The van der Waals surface area contributed by atoms with Gasteiger partial charge in [-0.25, -0.2) is 0 Å². The number of hydrogen-bond acceptors (Lipinski definition) is 2. The van der Waals surface area contributed by atoms with Crippen molar-refractivity contribution in [3.8, 4) is 0 Å². The Balaban J connectivity index is 1.85. The lowest BCUT2D eigenvalue weighted by Crippen LogP contribution is -2.46. The van der Waals surface area contributed by atoms with Crippen molar-refractivity contribution in [1.82, 2.24) is 5.32 Å². The molecule has 2 nitrogen and oxygen atoms in total. The Bertz CT molecular complexity index is 245. The van der Waals surface area contributed by atoms with Crippen molar-refractivity contribution in [1.29, 1.82) is 0 Å². The van der Waals surface area contributed by atoms with Gasteiger partial charge in [0, 0.05) is 12.6 Å². The fraction of sp³-hybridized carbons (Fsp3) is 1.00. The van der Waals surface area contributed by atoms with E-state index < -0.39 is 0 Å². The fourth-order valence-corrected chi connectivity index (χ4v) is 4.14. The quantitative estimate of drug-likeness (QED) is 0.786. The third kappa shape index (κ3) is 3.71. The standard InChI is InChI=1S/C16H31NO/c1-13(2)11-16(9-5-6-10-16)12-17-14-7-3-4-8-15(14)18/h13-15,17-18H,3-12H2,1-2H3/t14-,15-/m1/s1. The molecule has 0 radical (unpaired) electrons. The van der Waals surface area contributed by atoms with Gasteiger partial charge < -0.3 is 10.4 Å². The maximum absolute atomic E-state index is 10.0. The Morgan fingerprint density at radius 2 is 1.78 bits per heavy atom. The monoisotopic (exact) mass is 253 g/mol. The lowest BCUT2D eigenvalue weighted by atomic mass is 9.78. The number of aliphatic hydroxyl groups is 1. The molecular formula is C16H31NO. The van der Waals surface area contributed by atoms with E-state index in [9.17, 15) is 5.11 Å². The van der Waals surface area contributed by atoms with Crippen molar-refractivity contribution in [2.75, 3.05) is 6.54 Å². The van der Waals surface area contributed by atoms with Crippen molar-refractivity contribution in [2.24, 2.45) is 11.3 Å². The zero-order valence-corrected chi connectivity index (χ0v) is 12.3. The molecular weight excluding hydrogens is 222 g/mol. The van der Waals surface area contributed by atoms with Crippen LogP contribution in [0.3, 0.4) is 0 Å². The van der Waals surface area contributed by atoms with E-state index in [2.05, 4.69) is 19.2 Å². The molecule has 2 rings (SSSR count). The van der Waals surface area contributed by atoms with E-state index in [0.29, 0.717) is 11.5 Å². The smallest absolute Gasteiger partial charge is 0.0693 e. The van der Waals surface area contributed by atoms with Crippen LogP contribution in [-0.2, 0) is 0 Å². The number of rotatable bonds is 5. The summed E-state index contributed by atoms with van der Waals surface area (Å²) in [4.78, 5) is 0. The van der Waals surface area contributed by atoms with Gasteiger partial charge in [0.2, 0.25) is 0 Å². The first-order chi connectivity index (χ1) is 8.61. The minimum Gasteiger partial charge on any atom is -0.392 e. The van der Waals surface area contributed by atoms with E-state index >= 15 is 0 Å². The van der Waals surface area contributed by atoms with Crippen molar-refractivity contribution < 1.29 is 5.11 Å². The number of hydrogen-bond donors (Lipinski definition) is 2. The third-order valence-electron chi connectivity index (χ3n) is 4.97. The predicted octanol–water partition coefficient (Wildman–Crippen LogP) is 3.49. The Kier molecular flexibility index (Phi) is 5.08. The molecule has 2 aliphatic rings. The van der Waals surface area contributed by atoms with Crippen LogP contribution in [0, 0.1) is 11.3 Å². The molecule has 2 saturated carbocycles. The summed E-state index contributed by atoms with van der Waals surface area (Å²) in [6.07, 6.45) is 11.5. The summed E-state index contributed by atoms with van der Waals surface area (Å²) in [5.41, 5.74) is 0.533. The van der Waals surface area contributed by atoms with Crippen LogP contribution in [0.1, 0.15) is 71.6 Å². The highest BCUT2D eigenvalue weighted by Gasteiger charge is 2.35. The molecule has 0 aromatic carbocycles. The average molecular weight is 253 g/mol. The summed E-state index contributed by atoms with van der Waals surface area (Å²) in [5.74, 6) is 0.793. The van der Waals surface area contributed by atoms with Crippen LogP contribution in [0.2, 0.25) is 0 Å². The van der Waals surface area contributed by atoms with E-state index in [1.165, 1.54) is 51.4 Å². The Morgan fingerprint density at radius 3 is 2.39 bits per heavy atom. The molecule has 0 saturated heterocycles. The van der Waals surface area contributed by atoms with Gasteiger partial charge in [-0.05, 0) is 43.4 Å². The normalized spacial score (nSPS) is 32.0. The maximum Gasteiger partial charge on any atom is 0.0693 e. The van der Waals surface area contributed by atoms with Crippen molar-refractivity contribution in [2.45, 2.75) is 83.8 Å². The molecule has 0 aromatic rings. The minimum atomic E-state index is -0.101. The molecule has 0 aliphatic heterocycles. The van der Waals surface area contributed by atoms with Gasteiger partial charge in [-0.1, -0.05) is 39.5 Å². The summed E-state index contributed by atoms with van der Waals surface area (Å²) in [6.45, 7) is 5.82. The molecule has 0 heterocycles. The van der Waals surface area contributed by atoms with Crippen LogP contribution >= 0.6 is 0 Å². The second-order valence-electron chi connectivity index (χ2n) is 7.14. The van der Waals surface area contributed by atoms with Gasteiger partial charge in [0.15, 0.2) is 0 Å². The highest BCUT2D eigenvalue weighted by Crippen LogP contribution is 2.42. The van der Waals surface area contributed by atoms with Gasteiger partial charge in [-0.15, -0.1) is 0 Å². The molecule has 0 amide bonds. The van der Waals surface area contributed by atoms with Crippen molar-refractivity contribution >= 4 is 0 Å². The molecule has 0 bridgehead atoms. The lowest BCUT2D eigenvalue weighted by Gasteiger charge is -2.36. The lowest BCUT2D eigenvalue weighted by molar-refractivity contribution is 0.0806. The van der Waals surface area contributed by atoms with Gasteiger partial charge in [-0.3, -0.25) is 0 Å². The molecule has 0 unspecified atom stereocenters. The molecule has 2 aliphatic carbocycles. The maximum atomic E-state index is 10.0. The summed E-state index contributed by atoms with van der Waals surface area (Å²) in [6, 6.07) is 0.364. The van der Waals surface area contributed by atoms with E-state index in [0.717, 1.165) is 18.9 Å². The summed E-state index contributed by atoms with van der Waals surface area (Å²) in [5, 5.41) is 13.8. The van der Waals surface area contributed by atoms with Gasteiger partial charge in [0.1, 0.15) is 0 Å². The van der Waals surface area contributed by atoms with E-state index in [4.69, 9.17) is 0 Å². The summed E-state index contributed by atoms with van der Waals surface area (Å²) in [7, 11) is 0. The predicted molar refractivity (Wildman–Crippen MR) is 76.6 cm³/mol. The van der Waals surface area contributed by atoms with Gasteiger partial charge >= 0.3 is 0 Å². The Labute approximate surface area is 113 Å². The molecule has 0 aromatic heterocycles. The highest BCUT2D eigenvalue weighted by atomic mass is 16.3. The fourth-order valence-electron chi connectivity index (χ4n) is 4.14. The van der Waals surface area contributed by atoms with Crippen LogP contribution in [0.5, 0.6) is 0 Å². The zero-order valence-electron chi connectivity index (χ0n) is 12.3. The first kappa shape index (κ1) is 14.3. The van der Waals surface area contributed by atoms with Crippen LogP contribution in [0.4, 0.5) is 0 Å². The summed E-state index contributed by atoms with van der Waals surface area (Å²) < 4.78 is 0. The minimum absolute atomic E-state index is 0.101. The molecule has 2 fully saturated rings. The zero-order chi connectivity index (χ0) is 13.0. The second-order valence-corrected chi connectivity index (χ2v) is 7.14. The molecule has 18 heavy (non-hydrogen) atoms. The molecule has 0 spiro atoms. The topological polar surface area (TPSA) is 32.3 Å². The Hall–Kier alpha value is -0.0800.